The fourth-order valence-electron chi connectivity index (χ4n) is 2.60. The molecule has 1 atom stereocenters. The molecule has 6 heteroatoms. The Morgan fingerprint density at radius 3 is 2.68 bits per heavy atom. The number of hydrogen-bond acceptors (Lipinski definition) is 3. The van der Waals surface area contributed by atoms with Crippen LogP contribution in [0.3, 0.4) is 0 Å². The van der Waals surface area contributed by atoms with E-state index in [2.05, 4.69) is 17.5 Å². The summed E-state index contributed by atoms with van der Waals surface area (Å²) < 4.78 is 7.63. The van der Waals surface area contributed by atoms with Crippen LogP contribution >= 0.6 is 11.6 Å². The predicted octanol–water partition coefficient (Wildman–Crippen LogP) is 5.07. The molecule has 1 aromatic heterocycles. The quantitative estimate of drug-likeness (QED) is 0.448. The van der Waals surface area contributed by atoms with Crippen LogP contribution in [-0.2, 0) is 0 Å². The Labute approximate surface area is 169 Å². The van der Waals surface area contributed by atoms with E-state index in [1.54, 1.807) is 24.4 Å². The van der Waals surface area contributed by atoms with E-state index in [4.69, 9.17) is 16.3 Å². The first-order valence-corrected chi connectivity index (χ1v) is 9.48. The zero-order valence-electron chi connectivity index (χ0n) is 15.8. The van der Waals surface area contributed by atoms with Gasteiger partial charge in [0.05, 0.1) is 28.6 Å². The Bertz CT molecular complexity index is 968. The third-order valence-electron chi connectivity index (χ3n) is 4.27. The third kappa shape index (κ3) is 4.81. The molecule has 0 radical (unpaired) electrons. The number of nitrogens with one attached hydrogen (secondary N) is 1. The molecule has 0 fully saturated rings. The van der Waals surface area contributed by atoms with Gasteiger partial charge in [0.25, 0.3) is 5.91 Å². The molecule has 0 saturated carbocycles. The number of carbonyl (C=O) groups is 1. The lowest BCUT2D eigenvalue weighted by molar-refractivity contribution is 0.0955. The van der Waals surface area contributed by atoms with Crippen LogP contribution in [0.15, 0.2) is 72.1 Å². The lowest BCUT2D eigenvalue weighted by atomic mass is 10.1. The molecule has 1 heterocycles. The summed E-state index contributed by atoms with van der Waals surface area (Å²) in [6.07, 6.45) is 6.32. The number of ether oxygens (including phenoxy) is 1. The van der Waals surface area contributed by atoms with Crippen molar-refractivity contribution in [3.63, 3.8) is 0 Å². The van der Waals surface area contributed by atoms with Crippen LogP contribution in [0.2, 0.25) is 5.02 Å². The van der Waals surface area contributed by atoms with Gasteiger partial charge in [0.1, 0.15) is 5.75 Å². The van der Waals surface area contributed by atoms with E-state index in [-0.39, 0.29) is 12.0 Å². The Balaban J connectivity index is 1.69. The molecule has 3 aromatic rings. The van der Waals surface area contributed by atoms with Crippen LogP contribution in [0.4, 0.5) is 0 Å². The van der Waals surface area contributed by atoms with E-state index in [1.807, 2.05) is 60.3 Å². The highest BCUT2D eigenvalue weighted by Crippen LogP contribution is 2.26. The molecule has 0 bridgehead atoms. The molecule has 0 aliphatic heterocycles. The van der Waals surface area contributed by atoms with Crippen molar-refractivity contribution in [1.29, 1.82) is 0 Å². The summed E-state index contributed by atoms with van der Waals surface area (Å²) >= 11 is 6.27. The zero-order chi connectivity index (χ0) is 19.9. The van der Waals surface area contributed by atoms with Crippen molar-refractivity contribution in [3.05, 3.63) is 83.1 Å². The van der Waals surface area contributed by atoms with E-state index < -0.39 is 0 Å². The Morgan fingerprint density at radius 2 is 1.96 bits per heavy atom. The highest BCUT2D eigenvalue weighted by molar-refractivity contribution is 6.32. The second-order valence-corrected chi connectivity index (χ2v) is 6.74. The number of halogens is 1. The maximum absolute atomic E-state index is 12.5. The Hall–Kier alpha value is -3.05. The van der Waals surface area contributed by atoms with Gasteiger partial charge in [0, 0.05) is 12.4 Å². The largest absolute Gasteiger partial charge is 0.489 e. The van der Waals surface area contributed by atoms with Crippen molar-refractivity contribution in [2.75, 3.05) is 0 Å². The van der Waals surface area contributed by atoms with Crippen LogP contribution in [0, 0.1) is 0 Å². The van der Waals surface area contributed by atoms with Crippen molar-refractivity contribution in [2.24, 2.45) is 5.10 Å². The van der Waals surface area contributed by atoms with E-state index in [9.17, 15) is 4.79 Å². The standard InChI is InChI=1S/C22H22ClN3O2/c1-3-16(2)28-21-11-10-17(14-19(21)23)15-24-25-22(27)18-8-4-5-9-20(18)26-12-6-7-13-26/h4-16H,3H2,1-2H3,(H,25,27)/b24-15-/t16-/m0/s1. The monoisotopic (exact) mass is 395 g/mol. The Kier molecular flexibility index (Phi) is 6.50. The topological polar surface area (TPSA) is 55.6 Å². The van der Waals surface area contributed by atoms with Gasteiger partial charge < -0.3 is 9.30 Å². The second kappa shape index (κ2) is 9.24. The first kappa shape index (κ1) is 19.7. The fourth-order valence-corrected chi connectivity index (χ4v) is 2.84. The second-order valence-electron chi connectivity index (χ2n) is 6.33. The average molecular weight is 396 g/mol. The van der Waals surface area contributed by atoms with Crippen molar-refractivity contribution < 1.29 is 9.53 Å². The summed E-state index contributed by atoms with van der Waals surface area (Å²) in [5.74, 6) is 0.348. The number of nitrogens with zero attached hydrogens (tertiary/aromatic N) is 2. The van der Waals surface area contributed by atoms with Crippen LogP contribution in [0.25, 0.3) is 5.69 Å². The van der Waals surface area contributed by atoms with Crippen molar-refractivity contribution in [1.82, 2.24) is 9.99 Å². The minimum Gasteiger partial charge on any atom is -0.489 e. The number of benzene rings is 2. The van der Waals surface area contributed by atoms with E-state index in [0.717, 1.165) is 17.7 Å². The molecule has 0 aliphatic rings. The Morgan fingerprint density at radius 1 is 1.21 bits per heavy atom. The van der Waals surface area contributed by atoms with Crippen molar-refractivity contribution >= 4 is 23.7 Å². The number of amides is 1. The summed E-state index contributed by atoms with van der Waals surface area (Å²) in [7, 11) is 0. The van der Waals surface area contributed by atoms with Crippen LogP contribution in [0.1, 0.15) is 36.2 Å². The van der Waals surface area contributed by atoms with Gasteiger partial charge in [-0.05, 0) is 61.4 Å². The minimum absolute atomic E-state index is 0.0941. The zero-order valence-corrected chi connectivity index (χ0v) is 16.6. The number of hydrazone groups is 1. The summed E-state index contributed by atoms with van der Waals surface area (Å²) in [4.78, 5) is 12.5. The van der Waals surface area contributed by atoms with Gasteiger partial charge in [0.2, 0.25) is 0 Å². The predicted molar refractivity (Wildman–Crippen MR) is 113 cm³/mol. The third-order valence-corrected chi connectivity index (χ3v) is 4.57. The molecule has 0 unspecified atom stereocenters. The average Bonchev–Trinajstić information content (AvgIpc) is 3.24. The van der Waals surface area contributed by atoms with Crippen LogP contribution < -0.4 is 10.2 Å². The molecule has 0 aliphatic carbocycles. The van der Waals surface area contributed by atoms with Gasteiger partial charge in [0.15, 0.2) is 0 Å². The SMILES string of the molecule is CC[C@H](C)Oc1ccc(/C=N\NC(=O)c2ccccc2-n2cccc2)cc1Cl. The van der Waals surface area contributed by atoms with Gasteiger partial charge in [-0.2, -0.15) is 5.10 Å². The first-order chi connectivity index (χ1) is 13.6. The van der Waals surface area contributed by atoms with Crippen molar-refractivity contribution in [3.8, 4) is 11.4 Å². The molecule has 0 spiro atoms. The summed E-state index contributed by atoms with van der Waals surface area (Å²) in [5.41, 5.74) is 4.65. The number of carbonyl (C=O) groups excluding carboxylic acids is 1. The lowest BCUT2D eigenvalue weighted by Crippen LogP contribution is -2.19. The lowest BCUT2D eigenvalue weighted by Gasteiger charge is -2.13. The highest BCUT2D eigenvalue weighted by atomic mass is 35.5. The molecule has 2 aromatic carbocycles. The van der Waals surface area contributed by atoms with Crippen LogP contribution in [0.5, 0.6) is 5.75 Å². The minimum atomic E-state index is -0.289. The molecule has 3 rings (SSSR count). The molecule has 0 saturated heterocycles. The van der Waals surface area contributed by atoms with E-state index in [0.29, 0.717) is 16.3 Å². The fraction of sp³-hybridized carbons (Fsp3) is 0.182. The molecule has 1 N–H and O–H groups in total. The number of para-hydroxylation sites is 1. The molecule has 5 nitrogen and oxygen atoms in total. The van der Waals surface area contributed by atoms with Crippen LogP contribution in [-0.4, -0.2) is 22.8 Å². The molecule has 144 valence electrons. The number of rotatable bonds is 7. The summed E-state index contributed by atoms with van der Waals surface area (Å²) in [6, 6.07) is 16.6. The van der Waals surface area contributed by atoms with E-state index >= 15 is 0 Å². The van der Waals surface area contributed by atoms with Gasteiger partial charge in [-0.15, -0.1) is 0 Å². The normalized spacial score (nSPS) is 12.1. The van der Waals surface area contributed by atoms with Gasteiger partial charge in [-0.1, -0.05) is 30.7 Å². The molecular weight excluding hydrogens is 374 g/mol. The number of aromatic nitrogens is 1. The van der Waals surface area contributed by atoms with Gasteiger partial charge >= 0.3 is 0 Å². The van der Waals surface area contributed by atoms with Gasteiger partial charge in [-0.3, -0.25) is 4.79 Å². The highest BCUT2D eigenvalue weighted by Gasteiger charge is 2.11. The molecular formula is C22H22ClN3O2. The molecule has 1 amide bonds. The van der Waals surface area contributed by atoms with Gasteiger partial charge in [-0.25, -0.2) is 5.43 Å². The number of hydrogen-bond donors (Lipinski definition) is 1. The molecule has 28 heavy (non-hydrogen) atoms. The summed E-state index contributed by atoms with van der Waals surface area (Å²) in [5, 5.41) is 4.56. The first-order valence-electron chi connectivity index (χ1n) is 9.10. The van der Waals surface area contributed by atoms with E-state index in [1.165, 1.54) is 0 Å². The maximum atomic E-state index is 12.5. The summed E-state index contributed by atoms with van der Waals surface area (Å²) in [6.45, 7) is 4.05. The van der Waals surface area contributed by atoms with Crippen molar-refractivity contribution in [2.45, 2.75) is 26.4 Å². The maximum Gasteiger partial charge on any atom is 0.273 e. The smallest absolute Gasteiger partial charge is 0.273 e.